The van der Waals surface area contributed by atoms with Crippen LogP contribution in [0.25, 0.3) is 22.2 Å². The van der Waals surface area contributed by atoms with Crippen LogP contribution in [0.3, 0.4) is 0 Å². The molecule has 4 heteroatoms. The first kappa shape index (κ1) is 15.4. The quantitative estimate of drug-likeness (QED) is 0.791. The number of aliphatic hydroxyl groups is 1. The van der Waals surface area contributed by atoms with Crippen molar-refractivity contribution in [1.82, 2.24) is 9.55 Å². The maximum atomic E-state index is 12.5. The van der Waals surface area contributed by atoms with Gasteiger partial charge in [-0.05, 0) is 44.0 Å². The van der Waals surface area contributed by atoms with E-state index in [2.05, 4.69) is 36.2 Å². The second kappa shape index (κ2) is 5.32. The molecule has 23 heavy (non-hydrogen) atoms. The number of benzene rings is 2. The Kier molecular flexibility index (Phi) is 3.57. The summed E-state index contributed by atoms with van der Waals surface area (Å²) in [5, 5.41) is 10.1. The summed E-state index contributed by atoms with van der Waals surface area (Å²) >= 11 is 0. The van der Waals surface area contributed by atoms with E-state index in [-0.39, 0.29) is 11.3 Å². The standard InChI is InChI=1S/C19H20N2O2/c1-12-5-7-13(8-6-12)14-9-10-15-16(11-14)21(4)18(22)17(20-15)19(2,3)23/h5-11,23H,1-4H3. The van der Waals surface area contributed by atoms with E-state index in [9.17, 15) is 9.90 Å². The first-order valence-electron chi connectivity index (χ1n) is 7.58. The van der Waals surface area contributed by atoms with E-state index in [0.717, 1.165) is 16.6 Å². The molecule has 0 amide bonds. The predicted molar refractivity (Wildman–Crippen MR) is 92.4 cm³/mol. The fourth-order valence-electron chi connectivity index (χ4n) is 2.65. The zero-order valence-corrected chi connectivity index (χ0v) is 13.8. The van der Waals surface area contributed by atoms with E-state index in [0.29, 0.717) is 5.52 Å². The minimum atomic E-state index is -1.27. The third kappa shape index (κ3) is 2.78. The number of hydrogen-bond donors (Lipinski definition) is 1. The molecule has 2 aromatic carbocycles. The third-order valence-electron chi connectivity index (χ3n) is 4.04. The number of fused-ring (bicyclic) bond motifs is 1. The molecule has 4 nitrogen and oxygen atoms in total. The molecule has 0 atom stereocenters. The van der Waals surface area contributed by atoms with E-state index >= 15 is 0 Å². The number of rotatable bonds is 2. The van der Waals surface area contributed by atoms with Crippen LogP contribution in [0.15, 0.2) is 47.3 Å². The maximum Gasteiger partial charge on any atom is 0.275 e. The van der Waals surface area contributed by atoms with Gasteiger partial charge in [-0.1, -0.05) is 35.9 Å². The minimum absolute atomic E-state index is 0.163. The normalized spacial score (nSPS) is 11.9. The summed E-state index contributed by atoms with van der Waals surface area (Å²) in [5.41, 5.74) is 3.40. The van der Waals surface area contributed by atoms with Gasteiger partial charge in [0.25, 0.3) is 5.56 Å². The predicted octanol–water partition coefficient (Wildman–Crippen LogP) is 3.14. The molecule has 1 aromatic heterocycles. The summed E-state index contributed by atoms with van der Waals surface area (Å²) in [5.74, 6) is 0. The Bertz CT molecular complexity index is 932. The van der Waals surface area contributed by atoms with Gasteiger partial charge in [0.1, 0.15) is 11.3 Å². The Morgan fingerprint density at radius 1 is 1.04 bits per heavy atom. The van der Waals surface area contributed by atoms with Gasteiger partial charge in [0, 0.05) is 7.05 Å². The number of nitrogens with zero attached hydrogens (tertiary/aromatic N) is 2. The summed E-state index contributed by atoms with van der Waals surface area (Å²) in [6, 6.07) is 14.1. The Balaban J connectivity index is 2.23. The van der Waals surface area contributed by atoms with Crippen LogP contribution in [-0.4, -0.2) is 14.7 Å². The Morgan fingerprint density at radius 2 is 1.65 bits per heavy atom. The Hall–Kier alpha value is -2.46. The van der Waals surface area contributed by atoms with Gasteiger partial charge in [-0.15, -0.1) is 0 Å². The monoisotopic (exact) mass is 308 g/mol. The van der Waals surface area contributed by atoms with Crippen LogP contribution in [0.4, 0.5) is 0 Å². The van der Waals surface area contributed by atoms with E-state index in [1.807, 2.05) is 18.2 Å². The van der Waals surface area contributed by atoms with Gasteiger partial charge in [-0.2, -0.15) is 0 Å². The molecule has 3 aromatic rings. The average molecular weight is 308 g/mol. The highest BCUT2D eigenvalue weighted by Crippen LogP contribution is 2.24. The molecule has 0 spiro atoms. The van der Waals surface area contributed by atoms with E-state index in [1.54, 1.807) is 25.5 Å². The highest BCUT2D eigenvalue weighted by Gasteiger charge is 2.23. The van der Waals surface area contributed by atoms with E-state index in [1.165, 1.54) is 5.56 Å². The first-order valence-corrected chi connectivity index (χ1v) is 7.58. The minimum Gasteiger partial charge on any atom is -0.384 e. The molecule has 0 saturated carbocycles. The molecule has 0 aliphatic carbocycles. The Labute approximate surface area is 135 Å². The van der Waals surface area contributed by atoms with Crippen LogP contribution >= 0.6 is 0 Å². The van der Waals surface area contributed by atoms with E-state index < -0.39 is 5.60 Å². The SMILES string of the molecule is Cc1ccc(-c2ccc3nc(C(C)(C)O)c(=O)n(C)c3c2)cc1. The van der Waals surface area contributed by atoms with Crippen molar-refractivity contribution < 1.29 is 5.11 Å². The third-order valence-corrected chi connectivity index (χ3v) is 4.04. The lowest BCUT2D eigenvalue weighted by Crippen LogP contribution is -2.32. The van der Waals surface area contributed by atoms with Crippen molar-refractivity contribution in [2.45, 2.75) is 26.4 Å². The summed E-state index contributed by atoms with van der Waals surface area (Å²) in [7, 11) is 1.71. The van der Waals surface area contributed by atoms with Crippen LogP contribution in [0.1, 0.15) is 25.1 Å². The van der Waals surface area contributed by atoms with Crippen molar-refractivity contribution in [3.63, 3.8) is 0 Å². The molecular weight excluding hydrogens is 288 g/mol. The second-order valence-corrected chi connectivity index (χ2v) is 6.45. The van der Waals surface area contributed by atoms with Gasteiger partial charge in [0.05, 0.1) is 11.0 Å². The Morgan fingerprint density at radius 3 is 2.26 bits per heavy atom. The molecule has 0 saturated heterocycles. The van der Waals surface area contributed by atoms with Crippen molar-refractivity contribution in [3.05, 3.63) is 64.1 Å². The van der Waals surface area contributed by atoms with Gasteiger partial charge in [-0.25, -0.2) is 4.98 Å². The van der Waals surface area contributed by atoms with Crippen molar-refractivity contribution in [1.29, 1.82) is 0 Å². The summed E-state index contributed by atoms with van der Waals surface area (Å²) in [6.07, 6.45) is 0. The molecule has 0 unspecified atom stereocenters. The van der Waals surface area contributed by atoms with Crippen LogP contribution < -0.4 is 5.56 Å². The largest absolute Gasteiger partial charge is 0.384 e. The van der Waals surface area contributed by atoms with Gasteiger partial charge >= 0.3 is 0 Å². The zero-order valence-electron chi connectivity index (χ0n) is 13.8. The molecule has 1 N–H and O–H groups in total. The van der Waals surface area contributed by atoms with Crippen molar-refractivity contribution in [2.24, 2.45) is 7.05 Å². The number of aryl methyl sites for hydroxylation is 2. The van der Waals surface area contributed by atoms with E-state index in [4.69, 9.17) is 0 Å². The molecule has 1 heterocycles. The summed E-state index contributed by atoms with van der Waals surface area (Å²) in [6.45, 7) is 5.20. The number of hydrogen-bond acceptors (Lipinski definition) is 3. The summed E-state index contributed by atoms with van der Waals surface area (Å²) < 4.78 is 1.55. The van der Waals surface area contributed by atoms with Crippen LogP contribution in [0.5, 0.6) is 0 Å². The molecule has 0 aliphatic heterocycles. The van der Waals surface area contributed by atoms with Crippen molar-refractivity contribution in [2.75, 3.05) is 0 Å². The second-order valence-electron chi connectivity index (χ2n) is 6.45. The van der Waals surface area contributed by atoms with Crippen LogP contribution in [0.2, 0.25) is 0 Å². The molecule has 0 fully saturated rings. The molecular formula is C19H20N2O2. The van der Waals surface area contributed by atoms with Gasteiger partial charge < -0.3 is 9.67 Å². The highest BCUT2D eigenvalue weighted by atomic mass is 16.3. The average Bonchev–Trinajstić information content (AvgIpc) is 2.50. The van der Waals surface area contributed by atoms with Crippen LogP contribution in [-0.2, 0) is 12.6 Å². The lowest BCUT2D eigenvalue weighted by molar-refractivity contribution is 0.0721. The molecule has 3 rings (SSSR count). The van der Waals surface area contributed by atoms with Gasteiger partial charge in [0.15, 0.2) is 0 Å². The van der Waals surface area contributed by atoms with Crippen LogP contribution in [0, 0.1) is 6.92 Å². The summed E-state index contributed by atoms with van der Waals surface area (Å²) in [4.78, 5) is 16.8. The lowest BCUT2D eigenvalue weighted by atomic mass is 10.0. The number of aromatic nitrogens is 2. The first-order chi connectivity index (χ1) is 10.8. The molecule has 0 radical (unpaired) electrons. The maximum absolute atomic E-state index is 12.5. The lowest BCUT2D eigenvalue weighted by Gasteiger charge is -2.18. The van der Waals surface area contributed by atoms with Crippen molar-refractivity contribution >= 4 is 11.0 Å². The smallest absolute Gasteiger partial charge is 0.275 e. The molecule has 0 bridgehead atoms. The fourth-order valence-corrected chi connectivity index (χ4v) is 2.65. The van der Waals surface area contributed by atoms with Crippen molar-refractivity contribution in [3.8, 4) is 11.1 Å². The van der Waals surface area contributed by atoms with Gasteiger partial charge in [0.2, 0.25) is 0 Å². The molecule has 0 aliphatic rings. The topological polar surface area (TPSA) is 55.1 Å². The fraction of sp³-hybridized carbons (Fsp3) is 0.263. The molecule has 118 valence electrons. The highest BCUT2D eigenvalue weighted by molar-refractivity contribution is 5.82. The zero-order chi connectivity index (χ0) is 16.8. The van der Waals surface area contributed by atoms with Gasteiger partial charge in [-0.3, -0.25) is 4.79 Å².